The fraction of sp³-hybridized carbons (Fsp3) is 0.231. The second-order valence-electron chi connectivity index (χ2n) is 7.96. The zero-order valence-corrected chi connectivity index (χ0v) is 19.6. The highest BCUT2D eigenvalue weighted by Crippen LogP contribution is 2.41. The molecule has 7 nitrogen and oxygen atoms in total. The molecule has 0 aliphatic carbocycles. The molecule has 0 saturated carbocycles. The van der Waals surface area contributed by atoms with Gasteiger partial charge in [0.1, 0.15) is 23.4 Å². The summed E-state index contributed by atoms with van der Waals surface area (Å²) in [5.41, 5.74) is 1.39. The zero-order valence-electron chi connectivity index (χ0n) is 18.8. The first-order valence-corrected chi connectivity index (χ1v) is 11.3. The molecular formula is C26H23ClFNO6. The average molecular weight is 500 g/mol. The summed E-state index contributed by atoms with van der Waals surface area (Å²) in [7, 11) is 1.46. The van der Waals surface area contributed by atoms with Gasteiger partial charge in [-0.1, -0.05) is 46.4 Å². The minimum absolute atomic E-state index is 0.119. The maximum absolute atomic E-state index is 14.7. The van der Waals surface area contributed by atoms with E-state index in [1.807, 2.05) is 18.2 Å². The molecule has 1 heterocycles. The highest BCUT2D eigenvalue weighted by Gasteiger charge is 2.29. The maximum Gasteiger partial charge on any atom is 0.311 e. The molecule has 35 heavy (non-hydrogen) atoms. The lowest BCUT2D eigenvalue weighted by Gasteiger charge is -2.24. The molecule has 0 aromatic heterocycles. The van der Waals surface area contributed by atoms with E-state index in [0.717, 1.165) is 5.56 Å². The van der Waals surface area contributed by atoms with Gasteiger partial charge in [-0.25, -0.2) is 0 Å². The number of fused-ring (bicyclic) bond motifs is 1. The molecule has 3 aromatic rings. The minimum atomic E-state index is -0.943. The van der Waals surface area contributed by atoms with E-state index < -0.39 is 23.9 Å². The summed E-state index contributed by atoms with van der Waals surface area (Å²) in [5, 5.41) is 9.76. The van der Waals surface area contributed by atoms with Crippen LogP contribution in [0.5, 0.6) is 17.2 Å². The molecule has 2 atom stereocenters. The first kappa shape index (κ1) is 24.5. The van der Waals surface area contributed by atoms with E-state index in [1.165, 1.54) is 37.4 Å². The number of carboxylic acids is 1. The topological polar surface area (TPSA) is 85.3 Å². The van der Waals surface area contributed by atoms with E-state index in [2.05, 4.69) is 0 Å². The van der Waals surface area contributed by atoms with Crippen molar-refractivity contribution in [1.82, 2.24) is 5.12 Å². The van der Waals surface area contributed by atoms with Gasteiger partial charge < -0.3 is 19.3 Å². The van der Waals surface area contributed by atoms with Crippen molar-refractivity contribution in [3.8, 4) is 17.2 Å². The van der Waals surface area contributed by atoms with Crippen LogP contribution >= 0.6 is 11.6 Å². The molecule has 0 spiro atoms. The number of amides is 1. The summed E-state index contributed by atoms with van der Waals surface area (Å²) in [6.45, 7) is 0.00937. The Kier molecular flexibility index (Phi) is 7.53. The van der Waals surface area contributed by atoms with Crippen LogP contribution in [0.1, 0.15) is 39.9 Å². The van der Waals surface area contributed by atoms with E-state index in [0.29, 0.717) is 23.5 Å². The molecule has 0 fully saturated rings. The molecule has 0 radical (unpaired) electrons. The molecule has 1 N–H and O–H groups in total. The number of nitrogens with zero attached hydrogens (tertiary/aromatic N) is 1. The zero-order chi connectivity index (χ0) is 24.9. The standard InChI is InChI=1S/C26H23ClFNO6/c1-33-24(16-5-3-2-4-6-16)15-29(28)25(30)17-7-9-18(10-8-17)35-23-14-22-20(13-21(23)27)19(26(31)32)11-12-34-22/h2-10,13-14,19,24H,11-12,15H2,1H3,(H,31,32). The van der Waals surface area contributed by atoms with E-state index in [-0.39, 0.29) is 34.6 Å². The Bertz CT molecular complexity index is 1200. The normalized spacial score (nSPS) is 15.5. The van der Waals surface area contributed by atoms with Gasteiger partial charge in [0.2, 0.25) is 0 Å². The van der Waals surface area contributed by atoms with Crippen LogP contribution in [-0.4, -0.2) is 42.4 Å². The Balaban J connectivity index is 1.44. The number of hydrogen-bond donors (Lipinski definition) is 1. The monoisotopic (exact) mass is 499 g/mol. The first-order valence-electron chi connectivity index (χ1n) is 10.9. The third kappa shape index (κ3) is 5.55. The van der Waals surface area contributed by atoms with Crippen molar-refractivity contribution < 1.29 is 33.4 Å². The van der Waals surface area contributed by atoms with Crippen molar-refractivity contribution in [3.05, 3.63) is 88.4 Å². The molecule has 2 unspecified atom stereocenters. The lowest BCUT2D eigenvalue weighted by Crippen LogP contribution is -2.28. The molecule has 0 saturated heterocycles. The van der Waals surface area contributed by atoms with Crippen LogP contribution in [0.25, 0.3) is 0 Å². The number of methoxy groups -OCH3 is 1. The number of carboxylic acid groups (broad SMARTS) is 1. The van der Waals surface area contributed by atoms with Crippen molar-refractivity contribution in [3.63, 3.8) is 0 Å². The molecule has 1 aliphatic heterocycles. The van der Waals surface area contributed by atoms with Gasteiger partial charge in [-0.3, -0.25) is 9.59 Å². The van der Waals surface area contributed by atoms with Crippen molar-refractivity contribution >= 4 is 23.5 Å². The van der Waals surface area contributed by atoms with Gasteiger partial charge in [0.05, 0.1) is 24.1 Å². The molecule has 0 bridgehead atoms. The Labute approximate surface area is 206 Å². The van der Waals surface area contributed by atoms with Crippen molar-refractivity contribution in [2.75, 3.05) is 20.3 Å². The second-order valence-corrected chi connectivity index (χ2v) is 8.37. The van der Waals surface area contributed by atoms with Crippen molar-refractivity contribution in [1.29, 1.82) is 0 Å². The number of benzene rings is 3. The molecule has 1 aliphatic rings. The van der Waals surface area contributed by atoms with Crippen LogP contribution in [0.4, 0.5) is 4.48 Å². The Hall–Kier alpha value is -3.62. The van der Waals surface area contributed by atoms with E-state index >= 15 is 0 Å². The van der Waals surface area contributed by atoms with E-state index in [4.69, 9.17) is 25.8 Å². The average Bonchev–Trinajstić information content (AvgIpc) is 2.87. The van der Waals surface area contributed by atoms with Gasteiger partial charge in [0.25, 0.3) is 5.91 Å². The molecule has 1 amide bonds. The summed E-state index contributed by atoms with van der Waals surface area (Å²) < 4.78 is 31.4. The number of aliphatic carboxylic acids is 1. The summed E-state index contributed by atoms with van der Waals surface area (Å²) in [6.07, 6.45) is -0.252. The largest absolute Gasteiger partial charge is 0.493 e. The highest BCUT2D eigenvalue weighted by atomic mass is 35.5. The van der Waals surface area contributed by atoms with Gasteiger partial charge in [-0.15, -0.1) is 0 Å². The Morgan fingerprint density at radius 3 is 2.54 bits per heavy atom. The minimum Gasteiger partial charge on any atom is -0.493 e. The lowest BCUT2D eigenvalue weighted by atomic mass is 9.93. The Morgan fingerprint density at radius 2 is 1.89 bits per heavy atom. The van der Waals surface area contributed by atoms with Crippen LogP contribution in [0.2, 0.25) is 5.02 Å². The van der Waals surface area contributed by atoms with Crippen molar-refractivity contribution in [2.24, 2.45) is 0 Å². The fourth-order valence-corrected chi connectivity index (χ4v) is 4.08. The third-order valence-corrected chi connectivity index (χ3v) is 6.03. The van der Waals surface area contributed by atoms with Crippen LogP contribution < -0.4 is 9.47 Å². The summed E-state index contributed by atoms with van der Waals surface area (Å²) in [5.74, 6) is -1.42. The smallest absolute Gasteiger partial charge is 0.311 e. The highest BCUT2D eigenvalue weighted by molar-refractivity contribution is 6.32. The molecule has 3 aromatic carbocycles. The van der Waals surface area contributed by atoms with Gasteiger partial charge in [-0.05, 0) is 42.3 Å². The SMILES string of the molecule is COC(CN(F)C(=O)c1ccc(Oc2cc3c(cc2Cl)C(C(=O)O)CCO3)cc1)c1ccccc1. The Morgan fingerprint density at radius 1 is 1.17 bits per heavy atom. The van der Waals surface area contributed by atoms with Gasteiger partial charge in [0.15, 0.2) is 0 Å². The fourth-order valence-electron chi connectivity index (χ4n) is 3.87. The predicted molar refractivity (Wildman–Crippen MR) is 127 cm³/mol. The number of hydrogen-bond acceptors (Lipinski definition) is 5. The van der Waals surface area contributed by atoms with Crippen LogP contribution in [0.15, 0.2) is 66.7 Å². The molecule has 4 rings (SSSR count). The van der Waals surface area contributed by atoms with E-state index in [9.17, 15) is 19.2 Å². The molecular weight excluding hydrogens is 477 g/mol. The van der Waals surface area contributed by atoms with Crippen LogP contribution in [0.3, 0.4) is 0 Å². The van der Waals surface area contributed by atoms with Gasteiger partial charge in [-0.2, -0.15) is 5.12 Å². The quantitative estimate of drug-likeness (QED) is 0.394. The van der Waals surface area contributed by atoms with Crippen LogP contribution in [-0.2, 0) is 9.53 Å². The third-order valence-electron chi connectivity index (χ3n) is 5.73. The first-order chi connectivity index (χ1) is 16.9. The number of ether oxygens (including phenoxy) is 3. The number of carbonyl (C=O) groups excluding carboxylic acids is 1. The maximum atomic E-state index is 14.7. The number of halogens is 2. The van der Waals surface area contributed by atoms with E-state index in [1.54, 1.807) is 18.2 Å². The molecule has 182 valence electrons. The number of rotatable bonds is 8. The predicted octanol–water partition coefficient (Wildman–Crippen LogP) is 5.80. The summed E-state index contributed by atoms with van der Waals surface area (Å²) >= 11 is 6.32. The number of carbonyl (C=O) groups is 2. The summed E-state index contributed by atoms with van der Waals surface area (Å²) in [4.78, 5) is 24.1. The second kappa shape index (κ2) is 10.8. The van der Waals surface area contributed by atoms with Crippen LogP contribution in [0, 0.1) is 0 Å². The lowest BCUT2D eigenvalue weighted by molar-refractivity contribution is -0.139. The molecule has 9 heteroatoms. The van der Waals surface area contributed by atoms with Crippen molar-refractivity contribution in [2.45, 2.75) is 18.4 Å². The summed E-state index contributed by atoms with van der Waals surface area (Å²) in [6, 6.07) is 18.1. The van der Waals surface area contributed by atoms with Gasteiger partial charge >= 0.3 is 5.97 Å². The van der Waals surface area contributed by atoms with Gasteiger partial charge in [0, 0.05) is 24.3 Å².